The molecule has 1 amide bonds. The second-order valence-electron chi connectivity index (χ2n) is 6.43. The molecule has 0 bridgehead atoms. The summed E-state index contributed by atoms with van der Waals surface area (Å²) >= 11 is 1.66. The number of pyridine rings is 1. The minimum atomic E-state index is -0.109. The molecule has 0 aliphatic carbocycles. The maximum absolute atomic E-state index is 12.8. The predicted molar refractivity (Wildman–Crippen MR) is 106 cm³/mol. The Kier molecular flexibility index (Phi) is 5.54. The van der Waals surface area contributed by atoms with Crippen molar-refractivity contribution in [3.8, 4) is 5.75 Å². The Morgan fingerprint density at radius 1 is 1.31 bits per heavy atom. The summed E-state index contributed by atoms with van der Waals surface area (Å²) in [4.78, 5) is 19.4. The lowest BCUT2D eigenvalue weighted by molar-refractivity contribution is 0.0941. The molecule has 0 aliphatic rings. The van der Waals surface area contributed by atoms with E-state index < -0.39 is 0 Å². The molecule has 3 aromatic rings. The van der Waals surface area contributed by atoms with Gasteiger partial charge in [-0.25, -0.2) is 0 Å². The molecule has 2 heterocycles. The van der Waals surface area contributed by atoms with Crippen LogP contribution in [0.15, 0.2) is 41.1 Å². The fraction of sp³-hybridized carbons (Fsp3) is 0.300. The molecule has 5 nitrogen and oxygen atoms in total. The van der Waals surface area contributed by atoms with E-state index in [9.17, 15) is 4.79 Å². The van der Waals surface area contributed by atoms with Crippen LogP contribution in [0.25, 0.3) is 10.9 Å². The molecule has 1 N–H and O–H groups in total. The van der Waals surface area contributed by atoms with E-state index in [1.807, 2.05) is 45.3 Å². The summed E-state index contributed by atoms with van der Waals surface area (Å²) in [5.41, 5.74) is 3.37. The van der Waals surface area contributed by atoms with E-state index in [2.05, 4.69) is 32.0 Å². The number of carbonyl (C=O) groups excluding carboxylic acids is 1. The maximum Gasteiger partial charge on any atom is 0.253 e. The monoisotopic (exact) mass is 369 g/mol. The highest BCUT2D eigenvalue weighted by atomic mass is 32.1. The van der Waals surface area contributed by atoms with Gasteiger partial charge in [-0.15, -0.1) is 0 Å². The number of likely N-dealkylation sites (N-methyl/N-ethyl adjacent to an activating group) is 1. The lowest BCUT2D eigenvalue weighted by Gasteiger charge is -2.24. The van der Waals surface area contributed by atoms with Crippen molar-refractivity contribution in [2.75, 3.05) is 27.7 Å². The molecular weight excluding hydrogens is 346 g/mol. The first-order valence-corrected chi connectivity index (χ1v) is 9.36. The Hall–Kier alpha value is -2.44. The molecule has 3 rings (SSSR count). The van der Waals surface area contributed by atoms with E-state index >= 15 is 0 Å². The Morgan fingerprint density at radius 3 is 2.77 bits per heavy atom. The molecule has 0 saturated heterocycles. The number of hydrogen-bond acceptors (Lipinski definition) is 5. The predicted octanol–water partition coefficient (Wildman–Crippen LogP) is 3.65. The zero-order valence-electron chi connectivity index (χ0n) is 15.4. The lowest BCUT2D eigenvalue weighted by Crippen LogP contribution is -2.34. The summed E-state index contributed by atoms with van der Waals surface area (Å²) in [6.45, 7) is 2.40. The fourth-order valence-corrected chi connectivity index (χ4v) is 3.66. The molecule has 0 saturated carbocycles. The number of fused-ring (bicyclic) bond motifs is 1. The molecule has 0 radical (unpaired) electrons. The zero-order valence-corrected chi connectivity index (χ0v) is 16.3. The largest absolute Gasteiger partial charge is 0.497 e. The van der Waals surface area contributed by atoms with Crippen molar-refractivity contribution in [2.24, 2.45) is 0 Å². The van der Waals surface area contributed by atoms with Gasteiger partial charge in [-0.05, 0) is 67.7 Å². The standard InChI is InChI=1S/C20H23N3O2S/c1-13-17(10-15-9-16(25-4)5-6-18(15)22-13)20(24)21-11-19(23(2)3)14-7-8-26-12-14/h5-10,12,19H,11H2,1-4H3,(H,21,24)/t19-/m1/s1. The van der Waals surface area contributed by atoms with Gasteiger partial charge in [-0.1, -0.05) is 0 Å². The van der Waals surface area contributed by atoms with Crippen LogP contribution in [0, 0.1) is 6.92 Å². The lowest BCUT2D eigenvalue weighted by atomic mass is 10.1. The van der Waals surface area contributed by atoms with E-state index in [1.165, 1.54) is 5.56 Å². The van der Waals surface area contributed by atoms with Gasteiger partial charge in [0, 0.05) is 11.9 Å². The van der Waals surface area contributed by atoms with Crippen molar-refractivity contribution in [3.05, 3.63) is 57.9 Å². The van der Waals surface area contributed by atoms with Crippen LogP contribution in [-0.4, -0.2) is 43.5 Å². The Labute approximate surface area is 157 Å². The minimum Gasteiger partial charge on any atom is -0.497 e. The summed E-state index contributed by atoms with van der Waals surface area (Å²) in [6.07, 6.45) is 0. The molecule has 2 aromatic heterocycles. The van der Waals surface area contributed by atoms with Crippen LogP contribution < -0.4 is 10.1 Å². The summed E-state index contributed by atoms with van der Waals surface area (Å²) in [6, 6.07) is 9.78. The number of carbonyl (C=O) groups is 1. The second kappa shape index (κ2) is 7.85. The molecular formula is C20H23N3O2S. The first kappa shape index (κ1) is 18.4. The number of nitrogens with one attached hydrogen (secondary N) is 1. The number of rotatable bonds is 6. The highest BCUT2D eigenvalue weighted by Gasteiger charge is 2.18. The normalized spacial score (nSPS) is 12.3. The Bertz CT molecular complexity index is 907. The number of benzene rings is 1. The number of methoxy groups -OCH3 is 1. The van der Waals surface area contributed by atoms with E-state index in [4.69, 9.17) is 4.74 Å². The Morgan fingerprint density at radius 2 is 2.12 bits per heavy atom. The smallest absolute Gasteiger partial charge is 0.253 e. The van der Waals surface area contributed by atoms with Gasteiger partial charge in [0.25, 0.3) is 5.91 Å². The summed E-state index contributed by atoms with van der Waals surface area (Å²) in [5, 5.41) is 8.12. The molecule has 26 heavy (non-hydrogen) atoms. The van der Waals surface area contributed by atoms with E-state index in [0.29, 0.717) is 12.1 Å². The number of thiophene rings is 1. The molecule has 6 heteroatoms. The molecule has 0 aliphatic heterocycles. The topological polar surface area (TPSA) is 54.5 Å². The van der Waals surface area contributed by atoms with Gasteiger partial charge in [-0.2, -0.15) is 11.3 Å². The van der Waals surface area contributed by atoms with Crippen LogP contribution in [0.4, 0.5) is 0 Å². The number of aromatic nitrogens is 1. The van der Waals surface area contributed by atoms with Gasteiger partial charge in [0.2, 0.25) is 0 Å². The van der Waals surface area contributed by atoms with Crippen LogP contribution in [0.5, 0.6) is 5.75 Å². The average molecular weight is 369 g/mol. The maximum atomic E-state index is 12.8. The fourth-order valence-electron chi connectivity index (χ4n) is 2.96. The molecule has 0 fully saturated rings. The number of hydrogen-bond donors (Lipinski definition) is 1. The van der Waals surface area contributed by atoms with Crippen molar-refractivity contribution in [1.82, 2.24) is 15.2 Å². The van der Waals surface area contributed by atoms with Gasteiger partial charge in [-0.3, -0.25) is 9.78 Å². The number of amides is 1. The Balaban J connectivity index is 1.81. The van der Waals surface area contributed by atoms with E-state index in [0.717, 1.165) is 22.3 Å². The third kappa shape index (κ3) is 3.86. The second-order valence-corrected chi connectivity index (χ2v) is 7.21. The number of nitrogens with zero attached hydrogens (tertiary/aromatic N) is 2. The van der Waals surface area contributed by atoms with Crippen molar-refractivity contribution >= 4 is 28.1 Å². The van der Waals surface area contributed by atoms with Gasteiger partial charge < -0.3 is 15.0 Å². The van der Waals surface area contributed by atoms with E-state index in [1.54, 1.807) is 18.4 Å². The van der Waals surface area contributed by atoms with Gasteiger partial charge >= 0.3 is 0 Å². The van der Waals surface area contributed by atoms with Crippen LogP contribution >= 0.6 is 11.3 Å². The zero-order chi connectivity index (χ0) is 18.7. The third-order valence-electron chi connectivity index (χ3n) is 4.46. The molecule has 0 spiro atoms. The van der Waals surface area contributed by atoms with Crippen LogP contribution in [-0.2, 0) is 0 Å². The van der Waals surface area contributed by atoms with Crippen molar-refractivity contribution in [1.29, 1.82) is 0 Å². The highest BCUT2D eigenvalue weighted by Crippen LogP contribution is 2.23. The van der Waals surface area contributed by atoms with Gasteiger partial charge in [0.15, 0.2) is 0 Å². The average Bonchev–Trinajstić information content (AvgIpc) is 3.14. The first-order valence-electron chi connectivity index (χ1n) is 8.41. The van der Waals surface area contributed by atoms with E-state index in [-0.39, 0.29) is 11.9 Å². The molecule has 1 atom stereocenters. The summed E-state index contributed by atoms with van der Waals surface area (Å²) < 4.78 is 5.27. The quantitative estimate of drug-likeness (QED) is 0.721. The first-order chi connectivity index (χ1) is 12.5. The number of aryl methyl sites for hydroxylation is 1. The van der Waals surface area contributed by atoms with Gasteiger partial charge in [0.1, 0.15) is 5.75 Å². The van der Waals surface area contributed by atoms with Crippen molar-refractivity contribution in [2.45, 2.75) is 13.0 Å². The minimum absolute atomic E-state index is 0.109. The molecule has 0 unspecified atom stereocenters. The molecule has 136 valence electrons. The van der Waals surface area contributed by atoms with Crippen molar-refractivity contribution < 1.29 is 9.53 Å². The van der Waals surface area contributed by atoms with Crippen LogP contribution in [0.2, 0.25) is 0 Å². The molecule has 1 aromatic carbocycles. The van der Waals surface area contributed by atoms with Crippen LogP contribution in [0.3, 0.4) is 0 Å². The summed E-state index contributed by atoms with van der Waals surface area (Å²) in [7, 11) is 5.66. The summed E-state index contributed by atoms with van der Waals surface area (Å²) in [5.74, 6) is 0.640. The van der Waals surface area contributed by atoms with Crippen molar-refractivity contribution in [3.63, 3.8) is 0 Å². The third-order valence-corrected chi connectivity index (χ3v) is 5.17. The van der Waals surface area contributed by atoms with Gasteiger partial charge in [0.05, 0.1) is 29.9 Å². The SMILES string of the molecule is COc1ccc2nc(C)c(C(=O)NC[C@H](c3ccsc3)N(C)C)cc2c1. The van der Waals surface area contributed by atoms with Crippen LogP contribution in [0.1, 0.15) is 27.7 Å². The number of ether oxygens (including phenoxy) is 1. The highest BCUT2D eigenvalue weighted by molar-refractivity contribution is 7.07.